The molecule has 0 bridgehead atoms. The van der Waals surface area contributed by atoms with Crippen LogP contribution in [0.2, 0.25) is 0 Å². The Morgan fingerprint density at radius 1 is 0.519 bits per heavy atom. The van der Waals surface area contributed by atoms with Gasteiger partial charge in [0.2, 0.25) is 0 Å². The zero-order chi connectivity index (χ0) is 36.5. The Kier molecular flexibility index (Phi) is 13.1. The highest BCUT2D eigenvalue weighted by Gasteiger charge is 2.33. The van der Waals surface area contributed by atoms with Gasteiger partial charge in [0.15, 0.2) is 0 Å². The largest absolute Gasteiger partial charge is 0.481 e. The predicted octanol–water partition coefficient (Wildman–Crippen LogP) is 4.45. The molecule has 0 radical (unpaired) electrons. The topological polar surface area (TPSA) is 151 Å². The third kappa shape index (κ3) is 10.3. The van der Waals surface area contributed by atoms with Crippen LogP contribution in [0.3, 0.4) is 0 Å². The van der Waals surface area contributed by atoms with Crippen LogP contribution in [-0.4, -0.2) is 77.4 Å². The molecule has 10 heteroatoms. The summed E-state index contributed by atoms with van der Waals surface area (Å²) in [6.07, 6.45) is 4.08. The first-order valence-electron chi connectivity index (χ1n) is 19.0. The van der Waals surface area contributed by atoms with Crippen LogP contribution in [0.25, 0.3) is 0 Å². The van der Waals surface area contributed by atoms with Crippen molar-refractivity contribution in [2.75, 3.05) is 39.3 Å². The van der Waals surface area contributed by atoms with E-state index in [9.17, 15) is 29.7 Å². The molecule has 6 atom stereocenters. The standard InChI is InChI=1S/C42H54N4O6/c47-40(48)37(34-10-13-43-22-34)19-28-4-1-7-31(16-28)25-46(26-32-8-2-5-29(17-32)20-38(41(49)50)35-11-14-44-23-35)27-33-9-3-6-30(18-33)21-39(42(51)52)36-12-15-45-24-36/h1-9,16-18,34-39,43-45H,10-15,19-27H2,(H,47,48)(H,49,50)(H,51,52). The Labute approximate surface area is 307 Å². The fourth-order valence-electron chi connectivity index (χ4n) is 8.70. The number of carboxylic acids is 3. The smallest absolute Gasteiger partial charge is 0.307 e. The number of nitrogens with one attached hydrogen (secondary N) is 3. The minimum Gasteiger partial charge on any atom is -0.481 e. The maximum atomic E-state index is 12.3. The van der Waals surface area contributed by atoms with Crippen molar-refractivity contribution in [3.05, 3.63) is 106 Å². The van der Waals surface area contributed by atoms with Crippen LogP contribution in [0.15, 0.2) is 72.8 Å². The monoisotopic (exact) mass is 710 g/mol. The molecule has 3 aromatic carbocycles. The molecule has 3 aromatic rings. The third-order valence-corrected chi connectivity index (χ3v) is 11.5. The number of hydrogen-bond donors (Lipinski definition) is 6. The second kappa shape index (κ2) is 18.1. The molecule has 0 amide bonds. The van der Waals surface area contributed by atoms with Crippen molar-refractivity contribution < 1.29 is 29.7 Å². The maximum absolute atomic E-state index is 12.3. The van der Waals surface area contributed by atoms with Crippen molar-refractivity contribution in [3.8, 4) is 0 Å². The van der Waals surface area contributed by atoms with Gasteiger partial charge in [0, 0.05) is 19.6 Å². The Bertz CT molecular complexity index is 1470. The second-order valence-corrected chi connectivity index (χ2v) is 15.3. The van der Waals surface area contributed by atoms with Gasteiger partial charge in [-0.05, 0) is 129 Å². The van der Waals surface area contributed by atoms with E-state index < -0.39 is 35.7 Å². The first-order valence-corrected chi connectivity index (χ1v) is 19.0. The highest BCUT2D eigenvalue weighted by Crippen LogP contribution is 2.28. The molecule has 0 spiro atoms. The SMILES string of the molecule is O=C(O)C(Cc1cccc(CN(Cc2cccc(CC(C(=O)O)C3CCNC3)c2)Cc2cccc(CC(C(=O)O)C3CCNC3)c2)c1)C1CCNC1. The molecular formula is C42H54N4O6. The van der Waals surface area contributed by atoms with E-state index in [0.717, 1.165) is 91.9 Å². The van der Waals surface area contributed by atoms with Crippen LogP contribution in [0, 0.1) is 35.5 Å². The van der Waals surface area contributed by atoms with Crippen molar-refractivity contribution in [1.82, 2.24) is 20.9 Å². The number of carboxylic acid groups (broad SMARTS) is 3. The van der Waals surface area contributed by atoms with Gasteiger partial charge in [0.25, 0.3) is 0 Å². The summed E-state index contributed by atoms with van der Waals surface area (Å²) in [5.41, 5.74) is 6.34. The van der Waals surface area contributed by atoms with Gasteiger partial charge in [0.05, 0.1) is 17.8 Å². The van der Waals surface area contributed by atoms with Crippen LogP contribution in [0.1, 0.15) is 52.6 Å². The van der Waals surface area contributed by atoms with Crippen LogP contribution in [-0.2, 0) is 53.3 Å². The number of aliphatic carboxylic acids is 3. The number of nitrogens with zero attached hydrogens (tertiary/aromatic N) is 1. The molecule has 3 saturated heterocycles. The quantitative estimate of drug-likeness (QED) is 0.112. The van der Waals surface area contributed by atoms with Crippen molar-refractivity contribution in [2.24, 2.45) is 35.5 Å². The molecule has 0 aromatic heterocycles. The summed E-state index contributed by atoms with van der Waals surface area (Å²) in [6, 6.07) is 24.8. The molecule has 6 unspecified atom stereocenters. The summed E-state index contributed by atoms with van der Waals surface area (Å²) in [5, 5.41) is 40.1. The molecule has 0 saturated carbocycles. The van der Waals surface area contributed by atoms with E-state index in [1.807, 2.05) is 36.4 Å². The van der Waals surface area contributed by atoms with Crippen molar-refractivity contribution in [1.29, 1.82) is 0 Å². The molecule has 278 valence electrons. The molecule has 0 aliphatic carbocycles. The summed E-state index contributed by atoms with van der Waals surface area (Å²) in [6.45, 7) is 6.65. The first kappa shape index (κ1) is 37.7. The van der Waals surface area contributed by atoms with E-state index in [0.29, 0.717) is 38.9 Å². The lowest BCUT2D eigenvalue weighted by molar-refractivity contribution is -0.144. The number of benzene rings is 3. The molecule has 52 heavy (non-hydrogen) atoms. The zero-order valence-corrected chi connectivity index (χ0v) is 30.0. The zero-order valence-electron chi connectivity index (χ0n) is 30.0. The fourth-order valence-corrected chi connectivity index (χ4v) is 8.70. The van der Waals surface area contributed by atoms with Gasteiger partial charge < -0.3 is 31.3 Å². The molecule has 3 aliphatic heterocycles. The van der Waals surface area contributed by atoms with Gasteiger partial charge in [-0.2, -0.15) is 0 Å². The lowest BCUT2D eigenvalue weighted by Gasteiger charge is -2.25. The maximum Gasteiger partial charge on any atom is 0.307 e. The summed E-state index contributed by atoms with van der Waals surface area (Å²) in [7, 11) is 0. The molecular weight excluding hydrogens is 656 g/mol. The van der Waals surface area contributed by atoms with Crippen LogP contribution >= 0.6 is 0 Å². The Morgan fingerprint density at radius 2 is 0.808 bits per heavy atom. The summed E-state index contributed by atoms with van der Waals surface area (Å²) >= 11 is 0. The molecule has 3 fully saturated rings. The number of rotatable bonds is 18. The summed E-state index contributed by atoms with van der Waals surface area (Å²) in [4.78, 5) is 39.2. The summed E-state index contributed by atoms with van der Waals surface area (Å²) < 4.78 is 0. The van der Waals surface area contributed by atoms with E-state index in [1.54, 1.807) is 0 Å². The van der Waals surface area contributed by atoms with Crippen LogP contribution in [0.5, 0.6) is 0 Å². The van der Waals surface area contributed by atoms with Gasteiger partial charge in [0.1, 0.15) is 0 Å². The van der Waals surface area contributed by atoms with Gasteiger partial charge in [-0.1, -0.05) is 72.8 Å². The van der Waals surface area contributed by atoms with Gasteiger partial charge in [-0.15, -0.1) is 0 Å². The highest BCUT2D eigenvalue weighted by atomic mass is 16.4. The van der Waals surface area contributed by atoms with E-state index in [-0.39, 0.29) is 17.8 Å². The average Bonchev–Trinajstić information content (AvgIpc) is 3.94. The van der Waals surface area contributed by atoms with Gasteiger partial charge >= 0.3 is 17.9 Å². The van der Waals surface area contributed by atoms with E-state index in [2.05, 4.69) is 57.2 Å². The summed E-state index contributed by atoms with van der Waals surface area (Å²) in [5.74, 6) is -3.18. The first-order chi connectivity index (χ1) is 25.2. The Hall–Kier alpha value is -4.09. The second-order valence-electron chi connectivity index (χ2n) is 15.3. The fraction of sp³-hybridized carbons (Fsp3) is 0.500. The molecule has 6 rings (SSSR count). The van der Waals surface area contributed by atoms with E-state index in [4.69, 9.17) is 0 Å². The predicted molar refractivity (Wildman–Crippen MR) is 200 cm³/mol. The number of hydrogen-bond acceptors (Lipinski definition) is 7. The lowest BCUT2D eigenvalue weighted by Crippen LogP contribution is -2.28. The third-order valence-electron chi connectivity index (χ3n) is 11.5. The highest BCUT2D eigenvalue weighted by molar-refractivity contribution is 5.72. The molecule has 3 aliphatic rings. The van der Waals surface area contributed by atoms with Gasteiger partial charge in [-0.25, -0.2) is 0 Å². The molecule has 6 N–H and O–H groups in total. The minimum atomic E-state index is -0.746. The Balaban J connectivity index is 1.22. The van der Waals surface area contributed by atoms with Crippen LogP contribution < -0.4 is 16.0 Å². The van der Waals surface area contributed by atoms with Gasteiger partial charge in [-0.3, -0.25) is 19.3 Å². The molecule has 3 heterocycles. The molecule has 10 nitrogen and oxygen atoms in total. The van der Waals surface area contributed by atoms with E-state index >= 15 is 0 Å². The lowest BCUT2D eigenvalue weighted by atomic mass is 9.85. The average molecular weight is 711 g/mol. The normalized spacial score (nSPS) is 22.0. The van der Waals surface area contributed by atoms with Crippen molar-refractivity contribution >= 4 is 17.9 Å². The minimum absolute atomic E-state index is 0.119. The van der Waals surface area contributed by atoms with Crippen LogP contribution in [0.4, 0.5) is 0 Å². The van der Waals surface area contributed by atoms with Crippen molar-refractivity contribution in [3.63, 3.8) is 0 Å². The van der Waals surface area contributed by atoms with Crippen molar-refractivity contribution in [2.45, 2.75) is 58.2 Å². The Morgan fingerprint density at radius 3 is 1.06 bits per heavy atom. The van der Waals surface area contributed by atoms with E-state index in [1.165, 1.54) is 0 Å². The number of carbonyl (C=O) groups is 3.